The maximum Gasteiger partial charge on any atom is 0.416 e. The summed E-state index contributed by atoms with van der Waals surface area (Å²) in [6.07, 6.45) is -11.4. The number of ether oxygens (including phenoxy) is 1. The van der Waals surface area contributed by atoms with Crippen LogP contribution in [0.15, 0.2) is 48.5 Å². The van der Waals surface area contributed by atoms with Crippen molar-refractivity contribution in [3.8, 4) is 0 Å². The summed E-state index contributed by atoms with van der Waals surface area (Å²) in [6, 6.07) is 8.48. The molecule has 1 aliphatic heterocycles. The zero-order valence-electron chi connectivity index (χ0n) is 21.3. The van der Waals surface area contributed by atoms with Crippen LogP contribution in [-0.4, -0.2) is 39.8 Å². The first-order valence-electron chi connectivity index (χ1n) is 12.2. The fourth-order valence-corrected chi connectivity index (χ4v) is 4.72. The molecule has 1 aromatic heterocycles. The van der Waals surface area contributed by atoms with Crippen LogP contribution in [0.4, 0.5) is 30.7 Å². The number of aromatic nitrogens is 2. The molecule has 0 bridgehead atoms. The number of carbonyl (C=O) groups is 1. The van der Waals surface area contributed by atoms with Crippen LogP contribution in [0.2, 0.25) is 0 Å². The molecule has 0 radical (unpaired) electrons. The van der Waals surface area contributed by atoms with E-state index in [0.717, 1.165) is 0 Å². The van der Waals surface area contributed by atoms with Crippen LogP contribution in [0, 0.1) is 5.82 Å². The average Bonchev–Trinajstić information content (AvgIpc) is 3.46. The smallest absolute Gasteiger partial charge is 0.368 e. The van der Waals surface area contributed by atoms with Gasteiger partial charge in [0.15, 0.2) is 0 Å². The molecule has 1 aliphatic rings. The second kappa shape index (κ2) is 10.6. The maximum absolute atomic E-state index is 13.6. The molecule has 2 aromatic carbocycles. The Morgan fingerprint density at radius 1 is 1.00 bits per heavy atom. The van der Waals surface area contributed by atoms with Gasteiger partial charge < -0.3 is 9.64 Å². The van der Waals surface area contributed by atoms with Crippen molar-refractivity contribution in [2.75, 3.05) is 13.1 Å². The molecule has 210 valence electrons. The number of alkyl halides is 6. The Morgan fingerprint density at radius 3 is 2.10 bits per heavy atom. The van der Waals surface area contributed by atoms with Gasteiger partial charge in [0, 0.05) is 26.1 Å². The van der Waals surface area contributed by atoms with Gasteiger partial charge in [-0.25, -0.2) is 4.39 Å². The average molecular weight is 558 g/mol. The number of amides is 1. The third kappa shape index (κ3) is 6.26. The van der Waals surface area contributed by atoms with Crippen LogP contribution in [0.1, 0.15) is 64.3 Å². The summed E-state index contributed by atoms with van der Waals surface area (Å²) >= 11 is 0. The molecular weight excluding hydrogens is 531 g/mol. The molecule has 3 aromatic rings. The summed E-state index contributed by atoms with van der Waals surface area (Å²) in [4.78, 5) is 14.8. The quantitative estimate of drug-likeness (QED) is 0.323. The molecule has 1 saturated heterocycles. The first kappa shape index (κ1) is 28.6. The van der Waals surface area contributed by atoms with E-state index in [0.29, 0.717) is 35.5 Å². The minimum atomic E-state index is -5.00. The Labute approximate surface area is 220 Å². The third-order valence-electron chi connectivity index (χ3n) is 6.82. The summed E-state index contributed by atoms with van der Waals surface area (Å²) in [5.74, 6) is -1.35. The first-order valence-corrected chi connectivity index (χ1v) is 12.2. The van der Waals surface area contributed by atoms with Crippen LogP contribution in [0.25, 0.3) is 0 Å². The van der Waals surface area contributed by atoms with Gasteiger partial charge in [-0.2, -0.15) is 31.4 Å². The van der Waals surface area contributed by atoms with Crippen molar-refractivity contribution in [1.82, 2.24) is 14.7 Å². The van der Waals surface area contributed by atoms with Crippen molar-refractivity contribution in [2.45, 2.75) is 50.7 Å². The highest BCUT2D eigenvalue weighted by atomic mass is 19.4. The second-order valence-electron chi connectivity index (χ2n) is 9.52. The molecule has 1 fully saturated rings. The summed E-state index contributed by atoms with van der Waals surface area (Å²) in [6.45, 7) is 3.41. The highest BCUT2D eigenvalue weighted by molar-refractivity contribution is 5.93. The third-order valence-corrected chi connectivity index (χ3v) is 6.82. The lowest BCUT2D eigenvalue weighted by atomic mass is 9.95. The maximum atomic E-state index is 13.6. The van der Waals surface area contributed by atoms with Gasteiger partial charge in [-0.1, -0.05) is 19.1 Å². The number of nitrogens with zero attached hydrogens (tertiary/aromatic N) is 3. The van der Waals surface area contributed by atoms with Gasteiger partial charge in [0.25, 0.3) is 5.91 Å². The SMILES string of the molecule is CCc1cc(C(=O)N2CC(OC(C)c3cc(C(F)(F)F)cc(C(F)(F)F)c3)C(c3ccc(F)cc3)C2)n(C)n1. The molecule has 5 nitrogen and oxygen atoms in total. The van der Waals surface area contributed by atoms with Gasteiger partial charge in [0.1, 0.15) is 11.5 Å². The lowest BCUT2D eigenvalue weighted by Gasteiger charge is -2.25. The van der Waals surface area contributed by atoms with E-state index in [-0.39, 0.29) is 30.6 Å². The summed E-state index contributed by atoms with van der Waals surface area (Å²) < 4.78 is 101. The molecule has 0 N–H and O–H groups in total. The van der Waals surface area contributed by atoms with Gasteiger partial charge in [0.2, 0.25) is 0 Å². The molecule has 2 heterocycles. The van der Waals surface area contributed by atoms with Crippen LogP contribution in [0.3, 0.4) is 0 Å². The van der Waals surface area contributed by atoms with Crippen molar-refractivity contribution >= 4 is 5.91 Å². The predicted molar refractivity (Wildman–Crippen MR) is 127 cm³/mol. The van der Waals surface area contributed by atoms with E-state index in [9.17, 15) is 35.5 Å². The van der Waals surface area contributed by atoms with Crippen molar-refractivity contribution < 1.29 is 40.3 Å². The van der Waals surface area contributed by atoms with Crippen molar-refractivity contribution in [2.24, 2.45) is 7.05 Å². The van der Waals surface area contributed by atoms with E-state index >= 15 is 0 Å². The van der Waals surface area contributed by atoms with Crippen LogP contribution >= 0.6 is 0 Å². The normalized spacial score (nSPS) is 19.0. The summed E-state index contributed by atoms with van der Waals surface area (Å²) in [7, 11) is 1.63. The molecule has 4 rings (SSSR count). The number of benzene rings is 2. The number of hydrogen-bond acceptors (Lipinski definition) is 3. The monoisotopic (exact) mass is 557 g/mol. The van der Waals surface area contributed by atoms with E-state index in [1.807, 2.05) is 6.92 Å². The van der Waals surface area contributed by atoms with Crippen LogP contribution in [0.5, 0.6) is 0 Å². The highest BCUT2D eigenvalue weighted by Gasteiger charge is 2.41. The van der Waals surface area contributed by atoms with Crippen LogP contribution in [-0.2, 0) is 30.6 Å². The zero-order valence-corrected chi connectivity index (χ0v) is 21.3. The molecule has 12 heteroatoms. The lowest BCUT2D eigenvalue weighted by molar-refractivity contribution is -0.143. The molecular formula is C27H26F7N3O2. The Kier molecular flexibility index (Phi) is 7.79. The second-order valence-corrected chi connectivity index (χ2v) is 9.52. The Bertz CT molecular complexity index is 1300. The van der Waals surface area contributed by atoms with E-state index in [1.54, 1.807) is 13.1 Å². The van der Waals surface area contributed by atoms with E-state index < -0.39 is 47.4 Å². The van der Waals surface area contributed by atoms with Gasteiger partial charge in [-0.3, -0.25) is 9.48 Å². The molecule has 0 saturated carbocycles. The highest BCUT2D eigenvalue weighted by Crippen LogP contribution is 2.39. The van der Waals surface area contributed by atoms with Crippen molar-refractivity contribution in [3.05, 3.63) is 88.0 Å². The lowest BCUT2D eigenvalue weighted by Crippen LogP contribution is -2.31. The number of likely N-dealkylation sites (tertiary alicyclic amines) is 1. The largest absolute Gasteiger partial charge is 0.416 e. The number of halogens is 7. The van der Waals surface area contributed by atoms with Crippen molar-refractivity contribution in [3.63, 3.8) is 0 Å². The van der Waals surface area contributed by atoms with E-state index in [1.165, 1.54) is 40.8 Å². The van der Waals surface area contributed by atoms with Crippen molar-refractivity contribution in [1.29, 1.82) is 0 Å². The Morgan fingerprint density at radius 2 is 1.59 bits per heavy atom. The minimum Gasteiger partial charge on any atom is -0.368 e. The fraction of sp³-hybridized carbons (Fsp3) is 0.407. The van der Waals surface area contributed by atoms with Gasteiger partial charge in [-0.15, -0.1) is 0 Å². The molecule has 3 unspecified atom stereocenters. The molecule has 1 amide bonds. The molecule has 0 spiro atoms. The topological polar surface area (TPSA) is 47.4 Å². The Hall–Kier alpha value is -3.41. The van der Waals surface area contributed by atoms with E-state index in [4.69, 9.17) is 4.74 Å². The first-order chi connectivity index (χ1) is 18.2. The number of hydrogen-bond donors (Lipinski definition) is 0. The molecule has 39 heavy (non-hydrogen) atoms. The molecule has 0 aliphatic carbocycles. The van der Waals surface area contributed by atoms with Gasteiger partial charge >= 0.3 is 12.4 Å². The van der Waals surface area contributed by atoms with E-state index in [2.05, 4.69) is 5.10 Å². The Balaban J connectivity index is 1.65. The molecule has 3 atom stereocenters. The van der Waals surface area contributed by atoms with Crippen LogP contribution < -0.4 is 0 Å². The standard InChI is InChI=1S/C27H26F7N3O2/c1-4-21-12-23(36(3)35-21)25(38)37-13-22(16-5-7-20(28)8-6-16)24(14-37)39-15(2)17-9-18(26(29,30)31)11-19(10-17)27(32,33)34/h5-12,15,22,24H,4,13-14H2,1-3H3. The fourth-order valence-electron chi connectivity index (χ4n) is 4.72. The summed E-state index contributed by atoms with van der Waals surface area (Å²) in [5.41, 5.74) is -1.54. The minimum absolute atomic E-state index is 0.0168. The summed E-state index contributed by atoms with van der Waals surface area (Å²) in [5, 5.41) is 4.28. The number of aryl methyl sites for hydroxylation is 2. The predicted octanol–water partition coefficient (Wildman–Crippen LogP) is 6.55. The number of carbonyl (C=O) groups excluding carboxylic acids is 1. The van der Waals surface area contributed by atoms with Gasteiger partial charge in [0.05, 0.1) is 29.0 Å². The number of rotatable bonds is 6. The van der Waals surface area contributed by atoms with Gasteiger partial charge in [-0.05, 0) is 60.9 Å². The zero-order chi connectivity index (χ0) is 28.7.